The lowest BCUT2D eigenvalue weighted by Crippen LogP contribution is -2.46. The Labute approximate surface area is 206 Å². The number of unbranched alkanes of at least 4 members (excludes halogenated alkanes) is 16. The maximum absolute atomic E-state index is 12.8. The third-order valence-corrected chi connectivity index (χ3v) is 6.36. The zero-order chi connectivity index (χ0) is 24.8. The van der Waals surface area contributed by atoms with Crippen molar-refractivity contribution in [3.05, 3.63) is 0 Å². The van der Waals surface area contributed by atoms with Crippen molar-refractivity contribution in [3.63, 3.8) is 0 Å². The van der Waals surface area contributed by atoms with Crippen molar-refractivity contribution in [1.29, 1.82) is 0 Å². The fourth-order valence-electron chi connectivity index (χ4n) is 4.27. The zero-order valence-electron chi connectivity index (χ0n) is 23.1. The van der Waals surface area contributed by atoms with E-state index in [1.807, 2.05) is 21.1 Å². The number of ketones is 1. The lowest BCUT2D eigenvalue weighted by Gasteiger charge is -2.28. The third kappa shape index (κ3) is 22.6. The number of carbonyl (C=O) groups is 2. The molecule has 1 unspecified atom stereocenters. The van der Waals surface area contributed by atoms with Crippen molar-refractivity contribution < 1.29 is 18.8 Å². The Morgan fingerprint density at radius 3 is 1.33 bits per heavy atom. The summed E-state index contributed by atoms with van der Waals surface area (Å²) < 4.78 is 6.31. The average molecular weight is 469 g/mol. The van der Waals surface area contributed by atoms with Crippen LogP contribution < -0.4 is 0 Å². The van der Waals surface area contributed by atoms with Crippen molar-refractivity contribution in [2.45, 2.75) is 148 Å². The molecule has 0 aliphatic carbocycles. The first-order valence-corrected chi connectivity index (χ1v) is 14.3. The number of ether oxygens (including phenoxy) is 1. The summed E-state index contributed by atoms with van der Waals surface area (Å²) in [6, 6.07) is 0. The van der Waals surface area contributed by atoms with Gasteiger partial charge in [-0.3, -0.25) is 9.59 Å². The van der Waals surface area contributed by atoms with Crippen molar-refractivity contribution in [1.82, 2.24) is 0 Å². The summed E-state index contributed by atoms with van der Waals surface area (Å²) in [7, 11) is 6.15. The molecule has 0 spiro atoms. The Morgan fingerprint density at radius 1 is 0.576 bits per heavy atom. The summed E-state index contributed by atoms with van der Waals surface area (Å²) >= 11 is 0. The lowest BCUT2D eigenvalue weighted by molar-refractivity contribution is -0.872. The molecule has 0 fully saturated rings. The Kier molecular flexibility index (Phi) is 21.0. The molecule has 1 atom stereocenters. The van der Waals surface area contributed by atoms with Crippen LogP contribution in [0.5, 0.6) is 0 Å². The minimum absolute atomic E-state index is 0.103. The molecule has 196 valence electrons. The van der Waals surface area contributed by atoms with E-state index >= 15 is 0 Å². The quantitative estimate of drug-likeness (QED) is 0.0818. The summed E-state index contributed by atoms with van der Waals surface area (Å²) in [6.07, 6.45) is 22.6. The molecule has 0 aliphatic heterocycles. The molecule has 0 saturated carbocycles. The monoisotopic (exact) mass is 468 g/mol. The van der Waals surface area contributed by atoms with Gasteiger partial charge in [0, 0.05) is 12.8 Å². The van der Waals surface area contributed by atoms with Gasteiger partial charge in [0.05, 0.1) is 21.1 Å². The molecule has 0 N–H and O–H groups in total. The van der Waals surface area contributed by atoms with Crippen LogP contribution in [-0.2, 0) is 14.3 Å². The van der Waals surface area contributed by atoms with Crippen molar-refractivity contribution in [3.8, 4) is 0 Å². The van der Waals surface area contributed by atoms with Gasteiger partial charge in [0.25, 0.3) is 0 Å². The maximum Gasteiger partial charge on any atom is 0.306 e. The Hall–Kier alpha value is -0.900. The van der Waals surface area contributed by atoms with E-state index in [4.69, 9.17) is 4.74 Å². The summed E-state index contributed by atoms with van der Waals surface area (Å²) in [4.78, 5) is 25.2. The van der Waals surface area contributed by atoms with Crippen LogP contribution in [-0.4, -0.2) is 50.0 Å². The molecule has 0 aromatic rings. The van der Waals surface area contributed by atoms with Gasteiger partial charge in [-0.25, -0.2) is 0 Å². The number of carbonyl (C=O) groups excluding carboxylic acids is 2. The number of esters is 1. The Bertz CT molecular complexity index is 470. The van der Waals surface area contributed by atoms with Gasteiger partial charge < -0.3 is 9.22 Å². The minimum atomic E-state index is -0.592. The van der Waals surface area contributed by atoms with Crippen LogP contribution in [0.2, 0.25) is 0 Å². The van der Waals surface area contributed by atoms with Gasteiger partial charge in [0.1, 0.15) is 6.54 Å². The van der Waals surface area contributed by atoms with E-state index in [-0.39, 0.29) is 11.8 Å². The molecule has 0 saturated heterocycles. The van der Waals surface area contributed by atoms with Crippen LogP contribution >= 0.6 is 0 Å². The summed E-state index contributed by atoms with van der Waals surface area (Å²) in [5, 5.41) is 0. The fraction of sp³-hybridized carbons (Fsp3) is 0.931. The second kappa shape index (κ2) is 21.6. The standard InChI is InChI=1S/C29H58NO3/c1-6-8-10-12-14-16-18-20-22-24-27(31)28(26-30(3,4)5)33-29(32)25-23-21-19-17-15-13-11-9-7-2/h28H,6-26H2,1-5H3/q+1. The molecular weight excluding hydrogens is 410 g/mol. The van der Waals surface area contributed by atoms with E-state index in [1.165, 1.54) is 89.9 Å². The summed E-state index contributed by atoms with van der Waals surface area (Å²) in [5.74, 6) is -0.0942. The van der Waals surface area contributed by atoms with E-state index in [9.17, 15) is 9.59 Å². The summed E-state index contributed by atoms with van der Waals surface area (Å²) in [6.45, 7) is 5.05. The lowest BCUT2D eigenvalue weighted by atomic mass is 10.0. The molecule has 0 bridgehead atoms. The van der Waals surface area contributed by atoms with E-state index in [0.717, 1.165) is 25.7 Å². The van der Waals surface area contributed by atoms with Gasteiger partial charge in [0.2, 0.25) is 6.10 Å². The van der Waals surface area contributed by atoms with Gasteiger partial charge in [0.15, 0.2) is 5.78 Å². The van der Waals surface area contributed by atoms with Crippen LogP contribution in [0.1, 0.15) is 142 Å². The predicted molar refractivity (Wildman–Crippen MR) is 141 cm³/mol. The Balaban J connectivity index is 4.08. The van der Waals surface area contributed by atoms with Crippen LogP contribution in [0, 0.1) is 0 Å². The normalized spacial score (nSPS) is 12.6. The van der Waals surface area contributed by atoms with Crippen LogP contribution in [0.4, 0.5) is 0 Å². The molecule has 0 rings (SSSR count). The SMILES string of the molecule is CCCCCCCCCCCC(=O)OC(C[N+](C)(C)C)C(=O)CCCCCCCCCCC. The van der Waals surface area contributed by atoms with Gasteiger partial charge >= 0.3 is 5.97 Å². The highest BCUT2D eigenvalue weighted by Crippen LogP contribution is 2.14. The molecule has 0 aliphatic rings. The minimum Gasteiger partial charge on any atom is -0.448 e. The highest BCUT2D eigenvalue weighted by molar-refractivity contribution is 5.85. The van der Waals surface area contributed by atoms with E-state index in [2.05, 4.69) is 13.8 Å². The number of hydrogen-bond donors (Lipinski definition) is 0. The smallest absolute Gasteiger partial charge is 0.306 e. The Morgan fingerprint density at radius 2 is 0.939 bits per heavy atom. The third-order valence-electron chi connectivity index (χ3n) is 6.36. The van der Waals surface area contributed by atoms with Crippen molar-refractivity contribution in [2.75, 3.05) is 27.7 Å². The van der Waals surface area contributed by atoms with Gasteiger partial charge in [-0.05, 0) is 12.8 Å². The highest BCUT2D eigenvalue weighted by Gasteiger charge is 2.28. The van der Waals surface area contributed by atoms with Crippen LogP contribution in [0.25, 0.3) is 0 Å². The first-order chi connectivity index (χ1) is 15.8. The predicted octanol–water partition coefficient (Wildman–Crippen LogP) is 8.02. The van der Waals surface area contributed by atoms with Crippen molar-refractivity contribution >= 4 is 11.8 Å². The largest absolute Gasteiger partial charge is 0.448 e. The van der Waals surface area contributed by atoms with Gasteiger partial charge in [-0.2, -0.15) is 0 Å². The number of quaternary nitrogens is 1. The van der Waals surface area contributed by atoms with E-state index in [0.29, 0.717) is 23.9 Å². The van der Waals surface area contributed by atoms with Crippen molar-refractivity contribution in [2.24, 2.45) is 0 Å². The highest BCUT2D eigenvalue weighted by atomic mass is 16.5. The van der Waals surface area contributed by atoms with E-state index < -0.39 is 6.10 Å². The number of nitrogens with zero attached hydrogens (tertiary/aromatic N) is 1. The average Bonchev–Trinajstić information content (AvgIpc) is 2.75. The molecular formula is C29H58NO3+. The van der Waals surface area contributed by atoms with E-state index in [1.54, 1.807) is 0 Å². The number of Topliss-reactive ketones (excluding diaryl/α,β-unsaturated/α-hetero) is 1. The molecule has 0 heterocycles. The second-order valence-electron chi connectivity index (χ2n) is 11.1. The van der Waals surface area contributed by atoms with Gasteiger partial charge in [-0.15, -0.1) is 0 Å². The zero-order valence-corrected chi connectivity index (χ0v) is 23.1. The molecule has 0 amide bonds. The molecule has 4 nitrogen and oxygen atoms in total. The number of rotatable bonds is 24. The first kappa shape index (κ1) is 32.1. The van der Waals surface area contributed by atoms with Crippen LogP contribution in [0.15, 0.2) is 0 Å². The topological polar surface area (TPSA) is 43.4 Å². The maximum atomic E-state index is 12.8. The molecule has 0 aromatic carbocycles. The fourth-order valence-corrected chi connectivity index (χ4v) is 4.27. The summed E-state index contributed by atoms with van der Waals surface area (Å²) in [5.41, 5.74) is 0. The molecule has 0 radical (unpaired) electrons. The molecule has 0 aromatic heterocycles. The van der Waals surface area contributed by atoms with Crippen LogP contribution in [0.3, 0.4) is 0 Å². The second-order valence-corrected chi connectivity index (χ2v) is 11.1. The number of likely N-dealkylation sites (N-methyl/N-ethyl adjacent to an activating group) is 1. The van der Waals surface area contributed by atoms with Gasteiger partial charge in [-0.1, -0.05) is 117 Å². The first-order valence-electron chi connectivity index (χ1n) is 14.3. The molecule has 33 heavy (non-hydrogen) atoms. The number of hydrogen-bond acceptors (Lipinski definition) is 3. The molecule has 4 heteroatoms.